The Morgan fingerprint density at radius 1 is 1.20 bits per heavy atom. The van der Waals surface area contributed by atoms with E-state index in [1.165, 1.54) is 5.56 Å². The lowest BCUT2D eigenvalue weighted by Crippen LogP contribution is -2.10. The zero-order chi connectivity index (χ0) is 11.1. The first-order chi connectivity index (χ1) is 7.29. The molecule has 0 radical (unpaired) electrons. The van der Waals surface area contributed by atoms with Crippen LogP contribution in [0.5, 0.6) is 0 Å². The van der Waals surface area contributed by atoms with Crippen LogP contribution in [-0.2, 0) is 0 Å². The minimum atomic E-state index is 0.371. The quantitative estimate of drug-likeness (QED) is 0.679. The van der Waals surface area contributed by atoms with Crippen molar-refractivity contribution in [1.82, 2.24) is 0 Å². The highest BCUT2D eigenvalue weighted by atomic mass is 32.1. The third kappa shape index (κ3) is 3.80. The molecule has 0 aliphatic rings. The van der Waals surface area contributed by atoms with Crippen LogP contribution < -0.4 is 0 Å². The lowest BCUT2D eigenvalue weighted by Gasteiger charge is -2.19. The Kier molecular flexibility index (Phi) is 5.66. The molecular weight excluding hydrogens is 220 g/mol. The molecule has 0 heterocycles. The molecule has 80 valence electrons. The summed E-state index contributed by atoms with van der Waals surface area (Å²) in [5.74, 6) is 0.931. The lowest BCUT2D eigenvalue weighted by molar-refractivity contribution is 0.522. The van der Waals surface area contributed by atoms with Crippen molar-refractivity contribution in [3.63, 3.8) is 0 Å². The molecule has 2 atom stereocenters. The Morgan fingerprint density at radius 3 is 2.40 bits per heavy atom. The minimum absolute atomic E-state index is 0.371. The highest BCUT2D eigenvalue weighted by molar-refractivity contribution is 7.79. The summed E-state index contributed by atoms with van der Waals surface area (Å²) >= 11 is 9.97. The van der Waals surface area contributed by atoms with Gasteiger partial charge in [-0.1, -0.05) is 61.7 Å². The van der Waals surface area contributed by atoms with Crippen molar-refractivity contribution < 1.29 is 0 Å². The van der Waals surface area contributed by atoms with Crippen molar-refractivity contribution in [2.24, 2.45) is 5.92 Å². The Balaban J connectivity index is 2.71. The summed E-state index contributed by atoms with van der Waals surface area (Å²) in [7, 11) is 0. The molecular formula is C13H16S2. The fourth-order valence-electron chi connectivity index (χ4n) is 1.73. The van der Waals surface area contributed by atoms with Crippen LogP contribution in [0, 0.1) is 5.92 Å². The summed E-state index contributed by atoms with van der Waals surface area (Å²) in [6.07, 6.45) is 2.10. The normalized spacial score (nSPS) is 14.2. The average molecular weight is 236 g/mol. The predicted molar refractivity (Wildman–Crippen MR) is 74.9 cm³/mol. The topological polar surface area (TPSA) is 0 Å². The smallest absolute Gasteiger partial charge is 0.0148 e. The van der Waals surface area contributed by atoms with Crippen molar-refractivity contribution in [2.45, 2.75) is 25.7 Å². The molecule has 0 nitrogen and oxygen atoms in total. The molecule has 0 amide bonds. The van der Waals surface area contributed by atoms with Gasteiger partial charge in [-0.2, -0.15) is 0 Å². The van der Waals surface area contributed by atoms with E-state index >= 15 is 0 Å². The summed E-state index contributed by atoms with van der Waals surface area (Å²) in [6.45, 7) is 2.24. The first-order valence-electron chi connectivity index (χ1n) is 5.23. The van der Waals surface area contributed by atoms with Crippen LogP contribution in [0.4, 0.5) is 0 Å². The predicted octanol–water partition coefficient (Wildman–Crippen LogP) is 4.19. The third-order valence-corrected chi connectivity index (χ3v) is 3.21. The minimum Gasteiger partial charge on any atom is -0.0935 e. The van der Waals surface area contributed by atoms with Crippen molar-refractivity contribution in [1.29, 1.82) is 0 Å². The van der Waals surface area contributed by atoms with Gasteiger partial charge in [-0.15, -0.1) is 0 Å². The Labute approximate surface area is 103 Å². The van der Waals surface area contributed by atoms with Gasteiger partial charge in [0.15, 0.2) is 0 Å². The monoisotopic (exact) mass is 236 g/mol. The van der Waals surface area contributed by atoms with Gasteiger partial charge < -0.3 is 0 Å². The number of thiocarbonyl (C=S) groups is 2. The van der Waals surface area contributed by atoms with E-state index in [0.717, 1.165) is 12.8 Å². The second kappa shape index (κ2) is 6.81. The summed E-state index contributed by atoms with van der Waals surface area (Å²) in [5, 5.41) is 3.69. The molecule has 0 saturated heterocycles. The first kappa shape index (κ1) is 12.5. The molecule has 0 bridgehead atoms. The highest BCUT2D eigenvalue weighted by Gasteiger charge is 2.15. The van der Waals surface area contributed by atoms with Crippen LogP contribution >= 0.6 is 24.4 Å². The van der Waals surface area contributed by atoms with Gasteiger partial charge in [0, 0.05) is 5.92 Å². The van der Waals surface area contributed by atoms with Gasteiger partial charge >= 0.3 is 0 Å². The van der Waals surface area contributed by atoms with E-state index in [1.54, 1.807) is 0 Å². The van der Waals surface area contributed by atoms with E-state index in [0.29, 0.717) is 11.8 Å². The molecule has 1 rings (SSSR count). The van der Waals surface area contributed by atoms with E-state index < -0.39 is 0 Å². The van der Waals surface area contributed by atoms with Crippen molar-refractivity contribution in [3.05, 3.63) is 35.9 Å². The molecule has 0 saturated carbocycles. The van der Waals surface area contributed by atoms with Gasteiger partial charge in [0.05, 0.1) is 0 Å². The Hall–Kier alpha value is -0.600. The van der Waals surface area contributed by atoms with Gasteiger partial charge in [0.1, 0.15) is 0 Å². The molecule has 0 spiro atoms. The van der Waals surface area contributed by atoms with Crippen molar-refractivity contribution in [3.8, 4) is 0 Å². The molecule has 0 fully saturated rings. The maximum atomic E-state index is 5.12. The molecule has 0 aliphatic heterocycles. The van der Waals surface area contributed by atoms with Crippen LogP contribution in [0.15, 0.2) is 30.3 Å². The largest absolute Gasteiger partial charge is 0.0935 e. The third-order valence-electron chi connectivity index (χ3n) is 2.68. The molecule has 15 heavy (non-hydrogen) atoms. The van der Waals surface area contributed by atoms with Crippen LogP contribution in [0.25, 0.3) is 0 Å². The summed E-state index contributed by atoms with van der Waals surface area (Å²) < 4.78 is 0. The van der Waals surface area contributed by atoms with E-state index in [4.69, 9.17) is 24.4 Å². The molecule has 2 heteroatoms. The Morgan fingerprint density at radius 2 is 1.87 bits per heavy atom. The number of hydrogen-bond donors (Lipinski definition) is 0. The van der Waals surface area contributed by atoms with Crippen molar-refractivity contribution >= 4 is 35.2 Å². The summed E-state index contributed by atoms with van der Waals surface area (Å²) in [4.78, 5) is 0. The SMILES string of the molecule is CC(CCC=S)C(C=S)c1ccccc1. The number of benzene rings is 1. The second-order valence-corrected chi connectivity index (χ2v) is 4.40. The maximum Gasteiger partial charge on any atom is 0.0148 e. The van der Waals surface area contributed by atoms with Crippen LogP contribution in [0.3, 0.4) is 0 Å². The van der Waals surface area contributed by atoms with Gasteiger partial charge in [-0.3, -0.25) is 0 Å². The lowest BCUT2D eigenvalue weighted by atomic mass is 9.86. The Bertz CT molecular complexity index is 306. The van der Waals surface area contributed by atoms with Gasteiger partial charge in [0.2, 0.25) is 0 Å². The van der Waals surface area contributed by atoms with E-state index in [2.05, 4.69) is 31.2 Å². The maximum absolute atomic E-state index is 5.12. The van der Waals surface area contributed by atoms with E-state index in [-0.39, 0.29) is 0 Å². The van der Waals surface area contributed by atoms with Crippen LogP contribution in [0.1, 0.15) is 31.2 Å². The van der Waals surface area contributed by atoms with Gasteiger partial charge in [-0.05, 0) is 35.1 Å². The second-order valence-electron chi connectivity index (χ2n) is 3.79. The molecule has 0 aliphatic carbocycles. The van der Waals surface area contributed by atoms with Gasteiger partial charge in [-0.25, -0.2) is 0 Å². The first-order valence-corrected chi connectivity index (χ1v) is 6.17. The standard InChI is InChI=1S/C13H16S2/c1-11(6-5-9-14)13(10-15)12-7-3-2-4-8-12/h2-4,7-11,13H,5-6H2,1H3. The average Bonchev–Trinajstić information content (AvgIpc) is 2.29. The fraction of sp³-hybridized carbons (Fsp3) is 0.385. The molecule has 0 N–H and O–H groups in total. The van der Waals surface area contributed by atoms with E-state index in [1.807, 2.05) is 16.8 Å². The zero-order valence-corrected chi connectivity index (χ0v) is 10.6. The number of hydrogen-bond acceptors (Lipinski definition) is 2. The van der Waals surface area contributed by atoms with E-state index in [9.17, 15) is 0 Å². The summed E-state index contributed by atoms with van der Waals surface area (Å²) in [5.41, 5.74) is 1.31. The van der Waals surface area contributed by atoms with Crippen molar-refractivity contribution in [2.75, 3.05) is 0 Å². The van der Waals surface area contributed by atoms with Crippen LogP contribution in [0.2, 0.25) is 0 Å². The summed E-state index contributed by atoms with van der Waals surface area (Å²) in [6, 6.07) is 10.4. The molecule has 0 aromatic heterocycles. The fourth-order valence-corrected chi connectivity index (χ4v) is 2.29. The molecule has 2 unspecified atom stereocenters. The highest BCUT2D eigenvalue weighted by Crippen LogP contribution is 2.26. The van der Waals surface area contributed by atoms with Crippen LogP contribution in [-0.4, -0.2) is 10.7 Å². The number of rotatable bonds is 6. The molecule has 1 aromatic carbocycles. The molecule has 1 aromatic rings. The zero-order valence-electron chi connectivity index (χ0n) is 8.93. The van der Waals surface area contributed by atoms with Gasteiger partial charge in [0.25, 0.3) is 0 Å².